The van der Waals surface area contributed by atoms with E-state index in [2.05, 4.69) is 4.98 Å². The number of hydrogen-bond donors (Lipinski definition) is 0. The molecule has 84 valence electrons. The zero-order chi connectivity index (χ0) is 11.7. The first-order chi connectivity index (χ1) is 7.67. The highest BCUT2D eigenvalue weighted by atomic mass is 35.5. The summed E-state index contributed by atoms with van der Waals surface area (Å²) < 4.78 is 1.74. The van der Waals surface area contributed by atoms with Gasteiger partial charge in [0.2, 0.25) is 0 Å². The SMILES string of the molecule is CCc1cc2cnc(Cl)cc2n(CC)c1=O. The first-order valence-corrected chi connectivity index (χ1v) is 5.73. The van der Waals surface area contributed by atoms with Crippen molar-refractivity contribution >= 4 is 22.5 Å². The average molecular weight is 237 g/mol. The van der Waals surface area contributed by atoms with Crippen LogP contribution < -0.4 is 5.56 Å². The number of halogens is 1. The van der Waals surface area contributed by atoms with Crippen LogP contribution in [0.3, 0.4) is 0 Å². The smallest absolute Gasteiger partial charge is 0.254 e. The summed E-state index contributed by atoms with van der Waals surface area (Å²) in [6.07, 6.45) is 2.44. The minimum absolute atomic E-state index is 0.0692. The number of rotatable bonds is 2. The van der Waals surface area contributed by atoms with Crippen molar-refractivity contribution in [3.8, 4) is 0 Å². The van der Waals surface area contributed by atoms with Gasteiger partial charge in [-0.05, 0) is 25.5 Å². The van der Waals surface area contributed by atoms with E-state index in [-0.39, 0.29) is 5.56 Å². The molecule has 0 amide bonds. The largest absolute Gasteiger partial charge is 0.308 e. The van der Waals surface area contributed by atoms with E-state index in [1.54, 1.807) is 16.8 Å². The third kappa shape index (κ3) is 1.71. The summed E-state index contributed by atoms with van der Waals surface area (Å²) in [5.41, 5.74) is 1.74. The minimum atomic E-state index is 0.0692. The zero-order valence-corrected chi connectivity index (χ0v) is 10.1. The van der Waals surface area contributed by atoms with Gasteiger partial charge in [0.1, 0.15) is 5.15 Å². The van der Waals surface area contributed by atoms with Crippen LogP contribution in [0.1, 0.15) is 19.4 Å². The highest BCUT2D eigenvalue weighted by molar-refractivity contribution is 6.29. The van der Waals surface area contributed by atoms with Crippen molar-refractivity contribution in [1.29, 1.82) is 0 Å². The van der Waals surface area contributed by atoms with Gasteiger partial charge in [0, 0.05) is 23.7 Å². The molecule has 0 fully saturated rings. The van der Waals surface area contributed by atoms with Crippen molar-refractivity contribution in [2.45, 2.75) is 26.8 Å². The highest BCUT2D eigenvalue weighted by Crippen LogP contribution is 2.16. The Labute approximate surface area is 98.7 Å². The molecule has 0 radical (unpaired) electrons. The zero-order valence-electron chi connectivity index (χ0n) is 9.33. The molecule has 0 saturated heterocycles. The molecule has 2 rings (SSSR count). The van der Waals surface area contributed by atoms with Gasteiger partial charge in [0.15, 0.2) is 0 Å². The quantitative estimate of drug-likeness (QED) is 0.752. The topological polar surface area (TPSA) is 34.9 Å². The fourth-order valence-electron chi connectivity index (χ4n) is 1.88. The van der Waals surface area contributed by atoms with Crippen LogP contribution in [-0.2, 0) is 13.0 Å². The average Bonchev–Trinajstić information content (AvgIpc) is 2.28. The van der Waals surface area contributed by atoms with Crippen molar-refractivity contribution in [2.24, 2.45) is 0 Å². The lowest BCUT2D eigenvalue weighted by molar-refractivity contribution is 0.747. The monoisotopic (exact) mass is 236 g/mol. The number of nitrogens with zero attached hydrogens (tertiary/aromatic N) is 2. The van der Waals surface area contributed by atoms with Gasteiger partial charge in [-0.3, -0.25) is 4.79 Å². The molecule has 0 saturated carbocycles. The van der Waals surface area contributed by atoms with E-state index in [0.717, 1.165) is 22.9 Å². The Balaban J connectivity index is 2.90. The second kappa shape index (κ2) is 4.26. The molecule has 0 spiro atoms. The molecule has 0 aromatic carbocycles. The molecule has 16 heavy (non-hydrogen) atoms. The second-order valence-corrected chi connectivity index (χ2v) is 4.03. The Morgan fingerprint density at radius 2 is 2.12 bits per heavy atom. The lowest BCUT2D eigenvalue weighted by Gasteiger charge is -2.10. The summed E-state index contributed by atoms with van der Waals surface area (Å²) in [7, 11) is 0. The molecule has 0 aliphatic heterocycles. The summed E-state index contributed by atoms with van der Waals surface area (Å²) in [6, 6.07) is 3.63. The van der Waals surface area contributed by atoms with Crippen molar-refractivity contribution in [1.82, 2.24) is 9.55 Å². The second-order valence-electron chi connectivity index (χ2n) is 3.64. The highest BCUT2D eigenvalue weighted by Gasteiger charge is 2.07. The van der Waals surface area contributed by atoms with Gasteiger partial charge in [-0.15, -0.1) is 0 Å². The lowest BCUT2D eigenvalue weighted by atomic mass is 10.1. The minimum Gasteiger partial charge on any atom is -0.308 e. The summed E-state index contributed by atoms with van der Waals surface area (Å²) in [5, 5.41) is 1.38. The van der Waals surface area contributed by atoms with Gasteiger partial charge in [-0.2, -0.15) is 0 Å². The van der Waals surface area contributed by atoms with Crippen LogP contribution in [0.15, 0.2) is 23.1 Å². The Hall–Kier alpha value is -1.35. The summed E-state index contributed by atoms with van der Waals surface area (Å²) in [4.78, 5) is 16.1. The van der Waals surface area contributed by atoms with Crippen LogP contribution in [0.25, 0.3) is 10.9 Å². The molecule has 4 heteroatoms. The fourth-order valence-corrected chi connectivity index (χ4v) is 2.03. The van der Waals surface area contributed by atoms with Crippen molar-refractivity contribution < 1.29 is 0 Å². The van der Waals surface area contributed by atoms with Crippen molar-refractivity contribution in [2.75, 3.05) is 0 Å². The Bertz CT molecular complexity index is 589. The van der Waals surface area contributed by atoms with Crippen molar-refractivity contribution in [3.63, 3.8) is 0 Å². The normalized spacial score (nSPS) is 10.9. The Kier molecular flexibility index (Phi) is 2.97. The number of pyridine rings is 2. The molecule has 2 aromatic rings. The molecule has 3 nitrogen and oxygen atoms in total. The molecular weight excluding hydrogens is 224 g/mol. The van der Waals surface area contributed by atoms with E-state index in [4.69, 9.17) is 11.6 Å². The van der Waals surface area contributed by atoms with Gasteiger partial charge in [0.25, 0.3) is 5.56 Å². The molecule has 0 unspecified atom stereocenters. The van der Waals surface area contributed by atoms with E-state index < -0.39 is 0 Å². The Morgan fingerprint density at radius 3 is 2.75 bits per heavy atom. The maximum absolute atomic E-state index is 12.1. The van der Waals surface area contributed by atoms with Gasteiger partial charge >= 0.3 is 0 Å². The van der Waals surface area contributed by atoms with E-state index in [0.29, 0.717) is 11.7 Å². The fraction of sp³-hybridized carbons (Fsp3) is 0.333. The third-order valence-corrected chi connectivity index (χ3v) is 2.92. The molecule has 0 bridgehead atoms. The van der Waals surface area contributed by atoms with Crippen LogP contribution >= 0.6 is 11.6 Å². The molecular formula is C12H13ClN2O. The van der Waals surface area contributed by atoms with Crippen LogP contribution in [-0.4, -0.2) is 9.55 Å². The Morgan fingerprint density at radius 1 is 1.38 bits per heavy atom. The number of fused-ring (bicyclic) bond motifs is 1. The van der Waals surface area contributed by atoms with E-state index in [1.165, 1.54) is 0 Å². The summed E-state index contributed by atoms with van der Waals surface area (Å²) >= 11 is 5.85. The first kappa shape index (κ1) is 11.1. The molecule has 0 aliphatic carbocycles. The molecule has 0 N–H and O–H groups in total. The predicted octanol–water partition coefficient (Wildman–Crippen LogP) is 2.63. The van der Waals surface area contributed by atoms with Crippen LogP contribution in [0, 0.1) is 0 Å². The third-order valence-electron chi connectivity index (χ3n) is 2.72. The number of aromatic nitrogens is 2. The maximum atomic E-state index is 12.1. The van der Waals surface area contributed by atoms with Crippen LogP contribution in [0.5, 0.6) is 0 Å². The van der Waals surface area contributed by atoms with E-state index in [9.17, 15) is 4.79 Å². The van der Waals surface area contributed by atoms with Crippen molar-refractivity contribution in [3.05, 3.63) is 39.4 Å². The molecule has 0 atom stereocenters. The predicted molar refractivity (Wildman–Crippen MR) is 66.1 cm³/mol. The molecule has 2 aromatic heterocycles. The number of hydrogen-bond acceptors (Lipinski definition) is 2. The maximum Gasteiger partial charge on any atom is 0.254 e. The van der Waals surface area contributed by atoms with Gasteiger partial charge in [-0.1, -0.05) is 18.5 Å². The summed E-state index contributed by atoms with van der Waals surface area (Å²) in [5.74, 6) is 0. The van der Waals surface area contributed by atoms with E-state index in [1.807, 2.05) is 19.9 Å². The van der Waals surface area contributed by atoms with E-state index >= 15 is 0 Å². The summed E-state index contributed by atoms with van der Waals surface area (Å²) in [6.45, 7) is 4.57. The van der Waals surface area contributed by atoms with Gasteiger partial charge in [-0.25, -0.2) is 4.98 Å². The van der Waals surface area contributed by atoms with Gasteiger partial charge in [0.05, 0.1) is 5.52 Å². The first-order valence-electron chi connectivity index (χ1n) is 5.35. The molecule has 0 aliphatic rings. The lowest BCUT2D eigenvalue weighted by Crippen LogP contribution is -2.23. The van der Waals surface area contributed by atoms with Crippen LogP contribution in [0.4, 0.5) is 0 Å². The standard InChI is InChI=1S/C12H13ClN2O/c1-3-8-5-9-7-14-11(13)6-10(9)15(4-2)12(8)16/h5-7H,3-4H2,1-2H3. The van der Waals surface area contributed by atoms with Gasteiger partial charge < -0.3 is 4.57 Å². The number of aryl methyl sites for hydroxylation is 2. The van der Waals surface area contributed by atoms with Crippen LogP contribution in [0.2, 0.25) is 5.15 Å². The molecule has 2 heterocycles.